The smallest absolute Gasteiger partial charge is 0.254 e. The lowest BCUT2D eigenvalue weighted by atomic mass is 10.1. The molecule has 1 fully saturated rings. The lowest BCUT2D eigenvalue weighted by Gasteiger charge is -2.25. The third-order valence-electron chi connectivity index (χ3n) is 4.26. The molecule has 25 heavy (non-hydrogen) atoms. The van der Waals surface area contributed by atoms with E-state index in [4.69, 9.17) is 18.6 Å². The largest absolute Gasteiger partial charge is 0.497 e. The van der Waals surface area contributed by atoms with Crippen LogP contribution in [-0.4, -0.2) is 44.3 Å². The van der Waals surface area contributed by atoms with Gasteiger partial charge in [0.25, 0.3) is 5.91 Å². The second-order valence-electron chi connectivity index (χ2n) is 6.00. The minimum atomic E-state index is -0.107. The summed E-state index contributed by atoms with van der Waals surface area (Å²) in [5, 5.41) is 0. The van der Waals surface area contributed by atoms with E-state index in [-0.39, 0.29) is 12.0 Å². The fourth-order valence-corrected chi connectivity index (χ4v) is 2.96. The van der Waals surface area contributed by atoms with Gasteiger partial charge in [0.1, 0.15) is 17.3 Å². The first kappa shape index (κ1) is 17.4. The van der Waals surface area contributed by atoms with E-state index in [0.29, 0.717) is 30.2 Å². The molecule has 1 amide bonds. The van der Waals surface area contributed by atoms with Gasteiger partial charge in [-0.3, -0.25) is 4.79 Å². The molecule has 2 heterocycles. The van der Waals surface area contributed by atoms with Crippen LogP contribution in [-0.2, 0) is 11.3 Å². The average Bonchev–Trinajstić information content (AvgIpc) is 3.34. The van der Waals surface area contributed by atoms with Crippen molar-refractivity contribution in [2.75, 3.05) is 27.4 Å². The quantitative estimate of drug-likeness (QED) is 0.772. The molecule has 6 heteroatoms. The third kappa shape index (κ3) is 4.33. The second-order valence-corrected chi connectivity index (χ2v) is 6.00. The van der Waals surface area contributed by atoms with Crippen molar-refractivity contribution in [2.45, 2.75) is 25.5 Å². The highest BCUT2D eigenvalue weighted by atomic mass is 16.5. The van der Waals surface area contributed by atoms with E-state index in [9.17, 15) is 4.79 Å². The number of furan rings is 1. The van der Waals surface area contributed by atoms with Gasteiger partial charge in [-0.25, -0.2) is 0 Å². The number of benzene rings is 1. The highest BCUT2D eigenvalue weighted by Crippen LogP contribution is 2.25. The SMILES string of the molecule is COc1cc(OC)cc(C(=O)N(Cc2ccco2)CC2CCCO2)c1. The summed E-state index contributed by atoms with van der Waals surface area (Å²) in [4.78, 5) is 14.9. The molecule has 1 aliphatic rings. The van der Waals surface area contributed by atoms with E-state index in [1.165, 1.54) is 0 Å². The molecule has 1 saturated heterocycles. The Morgan fingerprint density at radius 3 is 2.56 bits per heavy atom. The Kier molecular flexibility index (Phi) is 5.60. The van der Waals surface area contributed by atoms with Crippen LogP contribution in [0.25, 0.3) is 0 Å². The van der Waals surface area contributed by atoms with E-state index in [1.54, 1.807) is 43.6 Å². The Morgan fingerprint density at radius 2 is 2.00 bits per heavy atom. The minimum Gasteiger partial charge on any atom is -0.497 e. The van der Waals surface area contributed by atoms with Gasteiger partial charge >= 0.3 is 0 Å². The lowest BCUT2D eigenvalue weighted by molar-refractivity contribution is 0.0491. The molecule has 6 nitrogen and oxygen atoms in total. The third-order valence-corrected chi connectivity index (χ3v) is 4.26. The first-order chi connectivity index (χ1) is 12.2. The van der Waals surface area contributed by atoms with Gasteiger partial charge in [-0.15, -0.1) is 0 Å². The van der Waals surface area contributed by atoms with E-state index in [0.717, 1.165) is 25.2 Å². The number of nitrogens with zero attached hydrogens (tertiary/aromatic N) is 1. The van der Waals surface area contributed by atoms with Gasteiger partial charge in [0.05, 0.1) is 33.1 Å². The summed E-state index contributed by atoms with van der Waals surface area (Å²) in [5.41, 5.74) is 0.515. The van der Waals surface area contributed by atoms with Crippen LogP contribution in [0.5, 0.6) is 11.5 Å². The van der Waals surface area contributed by atoms with Crippen molar-refractivity contribution < 1.29 is 23.4 Å². The molecule has 1 atom stereocenters. The fraction of sp³-hybridized carbons (Fsp3) is 0.421. The molecule has 134 valence electrons. The molecule has 0 aliphatic carbocycles. The summed E-state index contributed by atoms with van der Waals surface area (Å²) in [6.07, 6.45) is 3.66. The van der Waals surface area contributed by atoms with Crippen molar-refractivity contribution in [1.29, 1.82) is 0 Å². The Bertz CT molecular complexity index is 670. The van der Waals surface area contributed by atoms with Crippen molar-refractivity contribution in [3.8, 4) is 11.5 Å². The number of carbonyl (C=O) groups excluding carboxylic acids is 1. The summed E-state index contributed by atoms with van der Waals surface area (Å²) in [5.74, 6) is 1.79. The predicted octanol–water partition coefficient (Wildman–Crippen LogP) is 3.12. The molecule has 0 saturated carbocycles. The molecular formula is C19H23NO5. The maximum atomic E-state index is 13.1. The summed E-state index contributed by atoms with van der Waals surface area (Å²) in [6.45, 7) is 1.67. The van der Waals surface area contributed by atoms with Gasteiger partial charge < -0.3 is 23.5 Å². The zero-order chi connectivity index (χ0) is 17.6. The van der Waals surface area contributed by atoms with Crippen molar-refractivity contribution in [3.05, 3.63) is 47.9 Å². The summed E-state index contributed by atoms with van der Waals surface area (Å²) >= 11 is 0. The standard InChI is InChI=1S/C19H23NO5/c1-22-17-9-14(10-18(11-17)23-2)19(21)20(12-15-5-3-7-24-15)13-16-6-4-8-25-16/h3,5,7,9-11,16H,4,6,8,12-13H2,1-2H3. The fourth-order valence-electron chi connectivity index (χ4n) is 2.96. The summed E-state index contributed by atoms with van der Waals surface area (Å²) in [6, 6.07) is 8.86. The summed E-state index contributed by atoms with van der Waals surface area (Å²) in [7, 11) is 3.13. The van der Waals surface area contributed by atoms with Crippen molar-refractivity contribution in [1.82, 2.24) is 4.90 Å². The van der Waals surface area contributed by atoms with E-state index >= 15 is 0 Å². The minimum absolute atomic E-state index is 0.0615. The number of hydrogen-bond acceptors (Lipinski definition) is 5. The predicted molar refractivity (Wildman–Crippen MR) is 92.0 cm³/mol. The van der Waals surface area contributed by atoms with E-state index < -0.39 is 0 Å². The van der Waals surface area contributed by atoms with E-state index in [2.05, 4.69) is 0 Å². The van der Waals surface area contributed by atoms with Gasteiger partial charge in [-0.05, 0) is 37.1 Å². The van der Waals surface area contributed by atoms with Crippen molar-refractivity contribution >= 4 is 5.91 Å². The van der Waals surface area contributed by atoms with Crippen LogP contribution in [0.15, 0.2) is 41.0 Å². The molecule has 0 bridgehead atoms. The molecule has 0 spiro atoms. The Morgan fingerprint density at radius 1 is 1.24 bits per heavy atom. The van der Waals surface area contributed by atoms with Crippen molar-refractivity contribution in [3.63, 3.8) is 0 Å². The van der Waals surface area contributed by atoms with Crippen LogP contribution in [0.2, 0.25) is 0 Å². The maximum Gasteiger partial charge on any atom is 0.254 e. The van der Waals surface area contributed by atoms with Crippen LogP contribution in [0.4, 0.5) is 0 Å². The molecule has 0 N–H and O–H groups in total. The van der Waals surface area contributed by atoms with Gasteiger partial charge in [-0.2, -0.15) is 0 Å². The molecular weight excluding hydrogens is 322 g/mol. The molecule has 0 radical (unpaired) electrons. The number of carbonyl (C=O) groups is 1. The highest BCUT2D eigenvalue weighted by Gasteiger charge is 2.25. The topological polar surface area (TPSA) is 61.1 Å². The van der Waals surface area contributed by atoms with Crippen LogP contribution < -0.4 is 9.47 Å². The second kappa shape index (κ2) is 8.07. The van der Waals surface area contributed by atoms with Crippen LogP contribution >= 0.6 is 0 Å². The van der Waals surface area contributed by atoms with Gasteiger partial charge in [0, 0.05) is 24.8 Å². The Labute approximate surface area is 147 Å². The summed E-state index contributed by atoms with van der Waals surface area (Å²) < 4.78 is 21.7. The monoisotopic (exact) mass is 345 g/mol. The Balaban J connectivity index is 1.84. The highest BCUT2D eigenvalue weighted by molar-refractivity contribution is 5.95. The molecule has 1 aliphatic heterocycles. The van der Waals surface area contributed by atoms with Gasteiger partial charge in [0.2, 0.25) is 0 Å². The normalized spacial score (nSPS) is 16.6. The maximum absolute atomic E-state index is 13.1. The van der Waals surface area contributed by atoms with Crippen LogP contribution in [0, 0.1) is 0 Å². The molecule has 2 aromatic rings. The Hall–Kier alpha value is -2.47. The lowest BCUT2D eigenvalue weighted by Crippen LogP contribution is -2.36. The van der Waals surface area contributed by atoms with Gasteiger partial charge in [0.15, 0.2) is 0 Å². The van der Waals surface area contributed by atoms with E-state index in [1.807, 2.05) is 12.1 Å². The van der Waals surface area contributed by atoms with Gasteiger partial charge in [-0.1, -0.05) is 0 Å². The average molecular weight is 345 g/mol. The molecule has 1 aromatic carbocycles. The zero-order valence-electron chi connectivity index (χ0n) is 14.6. The number of methoxy groups -OCH3 is 2. The number of hydrogen-bond donors (Lipinski definition) is 0. The number of amides is 1. The molecule has 3 rings (SSSR count). The zero-order valence-corrected chi connectivity index (χ0v) is 14.6. The first-order valence-corrected chi connectivity index (χ1v) is 8.36. The van der Waals surface area contributed by atoms with Crippen LogP contribution in [0.3, 0.4) is 0 Å². The number of ether oxygens (including phenoxy) is 3. The first-order valence-electron chi connectivity index (χ1n) is 8.36. The number of rotatable bonds is 7. The molecule has 1 aromatic heterocycles. The molecule has 1 unspecified atom stereocenters. The van der Waals surface area contributed by atoms with Crippen LogP contribution in [0.1, 0.15) is 29.0 Å². The van der Waals surface area contributed by atoms with Crippen molar-refractivity contribution in [2.24, 2.45) is 0 Å².